The minimum atomic E-state index is -0.730. The molecule has 1 atom stereocenters. The Hall–Kier alpha value is -2.49. The van der Waals surface area contributed by atoms with Gasteiger partial charge in [-0.25, -0.2) is 0 Å². The first-order valence-electron chi connectivity index (χ1n) is 7.72. The van der Waals surface area contributed by atoms with Crippen molar-refractivity contribution in [1.29, 1.82) is 0 Å². The van der Waals surface area contributed by atoms with Crippen molar-refractivity contribution < 1.29 is 14.4 Å². The summed E-state index contributed by atoms with van der Waals surface area (Å²) in [7, 11) is 0. The third-order valence-electron chi connectivity index (χ3n) is 3.76. The summed E-state index contributed by atoms with van der Waals surface area (Å²) in [5.41, 5.74) is 0.412. The quantitative estimate of drug-likeness (QED) is 0.795. The van der Waals surface area contributed by atoms with Crippen molar-refractivity contribution in [2.24, 2.45) is 5.92 Å². The molecule has 2 rings (SSSR count). The highest BCUT2D eigenvalue weighted by Crippen LogP contribution is 2.19. The second-order valence-electron chi connectivity index (χ2n) is 6.09. The average Bonchev–Trinajstić information content (AvgIpc) is 2.52. The second-order valence-corrected chi connectivity index (χ2v) is 6.09. The van der Waals surface area contributed by atoms with Gasteiger partial charge in [0.05, 0.1) is 6.04 Å². The number of benzene rings is 2. The zero-order valence-electron chi connectivity index (χ0n) is 13.7. The number of hydrogen-bond donors (Lipinski definition) is 0. The van der Waals surface area contributed by atoms with Gasteiger partial charge < -0.3 is 4.79 Å². The molecule has 0 aliphatic heterocycles. The Bertz CT molecular complexity index is 736. The first kappa shape index (κ1) is 16.9. The monoisotopic (exact) mass is 311 g/mol. The zero-order valence-corrected chi connectivity index (χ0v) is 13.7. The molecule has 2 aromatic carbocycles. The van der Waals surface area contributed by atoms with Crippen LogP contribution in [0, 0.1) is 5.92 Å². The van der Waals surface area contributed by atoms with E-state index in [4.69, 9.17) is 0 Å². The van der Waals surface area contributed by atoms with Crippen molar-refractivity contribution in [1.82, 2.24) is 4.90 Å². The van der Waals surface area contributed by atoms with Gasteiger partial charge in [-0.3, -0.25) is 14.5 Å². The van der Waals surface area contributed by atoms with E-state index in [0.29, 0.717) is 18.3 Å². The van der Waals surface area contributed by atoms with Crippen LogP contribution < -0.4 is 0 Å². The smallest absolute Gasteiger partial charge is 0.261 e. The molecule has 120 valence electrons. The van der Waals surface area contributed by atoms with Crippen LogP contribution in [0.5, 0.6) is 0 Å². The molecule has 0 saturated heterocycles. The molecule has 4 heteroatoms. The van der Waals surface area contributed by atoms with Crippen LogP contribution in [0.1, 0.15) is 37.6 Å². The maximum absolute atomic E-state index is 12.8. The van der Waals surface area contributed by atoms with E-state index in [9.17, 15) is 14.4 Å². The Morgan fingerprint density at radius 3 is 2.30 bits per heavy atom. The minimum absolute atomic E-state index is 0.205. The molecule has 2 amide bonds. The van der Waals surface area contributed by atoms with Crippen molar-refractivity contribution in [2.75, 3.05) is 0 Å². The van der Waals surface area contributed by atoms with Gasteiger partial charge in [0.15, 0.2) is 0 Å². The Balaban J connectivity index is 2.39. The third-order valence-corrected chi connectivity index (χ3v) is 3.76. The van der Waals surface area contributed by atoms with Gasteiger partial charge in [-0.2, -0.15) is 0 Å². The van der Waals surface area contributed by atoms with Gasteiger partial charge in [0.2, 0.25) is 5.91 Å². The summed E-state index contributed by atoms with van der Waals surface area (Å²) in [5, 5.41) is 1.95. The standard InChI is InChI=1S/C19H21NO3/c1-13(2)10-18(12-21)20(14(3)22)19(23)17-9-8-15-6-4-5-7-16(15)11-17/h4-9,11-13,18H,10H2,1-3H3/t18-/m0/s1. The fourth-order valence-electron chi connectivity index (χ4n) is 2.69. The van der Waals surface area contributed by atoms with E-state index >= 15 is 0 Å². The Morgan fingerprint density at radius 1 is 1.09 bits per heavy atom. The van der Waals surface area contributed by atoms with Crippen LogP contribution >= 0.6 is 0 Å². The highest BCUT2D eigenvalue weighted by molar-refractivity contribution is 6.07. The predicted molar refractivity (Wildman–Crippen MR) is 90.1 cm³/mol. The molecule has 0 heterocycles. The van der Waals surface area contributed by atoms with Gasteiger partial charge in [0, 0.05) is 12.5 Å². The predicted octanol–water partition coefficient (Wildman–Crippen LogP) is 3.44. The molecule has 0 aromatic heterocycles. The summed E-state index contributed by atoms with van der Waals surface area (Å²) in [6.07, 6.45) is 1.14. The SMILES string of the molecule is CC(=O)N(C(=O)c1ccc2ccccc2c1)[C@H](C=O)CC(C)C. The average molecular weight is 311 g/mol. The highest BCUT2D eigenvalue weighted by Gasteiger charge is 2.28. The van der Waals surface area contributed by atoms with E-state index in [1.165, 1.54) is 6.92 Å². The lowest BCUT2D eigenvalue weighted by Gasteiger charge is -2.26. The van der Waals surface area contributed by atoms with E-state index in [1.807, 2.05) is 44.2 Å². The summed E-state index contributed by atoms with van der Waals surface area (Å²) in [6.45, 7) is 5.22. The van der Waals surface area contributed by atoms with Gasteiger partial charge in [-0.15, -0.1) is 0 Å². The molecule has 0 saturated carbocycles. The van der Waals surface area contributed by atoms with E-state index in [0.717, 1.165) is 15.7 Å². The summed E-state index contributed by atoms with van der Waals surface area (Å²) < 4.78 is 0. The second kappa shape index (κ2) is 7.18. The van der Waals surface area contributed by atoms with Gasteiger partial charge in [0.25, 0.3) is 5.91 Å². The number of hydrogen-bond acceptors (Lipinski definition) is 3. The largest absolute Gasteiger partial charge is 0.301 e. The molecule has 0 aliphatic rings. The molecular weight excluding hydrogens is 290 g/mol. The number of amides is 2. The first-order chi connectivity index (χ1) is 10.9. The van der Waals surface area contributed by atoms with Gasteiger partial charge in [-0.1, -0.05) is 44.2 Å². The van der Waals surface area contributed by atoms with Gasteiger partial charge in [-0.05, 0) is 35.2 Å². The molecule has 0 bridgehead atoms. The third kappa shape index (κ3) is 3.83. The summed E-state index contributed by atoms with van der Waals surface area (Å²) in [5.74, 6) is -0.640. The van der Waals surface area contributed by atoms with E-state index in [-0.39, 0.29) is 5.92 Å². The summed E-state index contributed by atoms with van der Waals surface area (Å²) >= 11 is 0. The number of aldehydes is 1. The van der Waals surface area contributed by atoms with Crippen LogP contribution in [-0.2, 0) is 9.59 Å². The van der Waals surface area contributed by atoms with Crippen LogP contribution in [0.25, 0.3) is 10.8 Å². The lowest BCUT2D eigenvalue weighted by atomic mass is 10.0. The van der Waals surface area contributed by atoms with E-state index in [2.05, 4.69) is 0 Å². The molecule has 0 fully saturated rings. The molecule has 0 spiro atoms. The highest BCUT2D eigenvalue weighted by atomic mass is 16.2. The number of rotatable bonds is 5. The van der Waals surface area contributed by atoms with Gasteiger partial charge in [0.1, 0.15) is 6.29 Å². The molecule has 2 aromatic rings. The topological polar surface area (TPSA) is 54.5 Å². The van der Waals surface area contributed by atoms with Crippen LogP contribution in [-0.4, -0.2) is 29.0 Å². The first-order valence-corrected chi connectivity index (χ1v) is 7.72. The van der Waals surface area contributed by atoms with Crippen molar-refractivity contribution >= 4 is 28.9 Å². The van der Waals surface area contributed by atoms with Crippen molar-refractivity contribution in [3.05, 3.63) is 48.0 Å². The Morgan fingerprint density at radius 2 is 1.74 bits per heavy atom. The normalized spacial score (nSPS) is 12.2. The molecule has 23 heavy (non-hydrogen) atoms. The fraction of sp³-hybridized carbons (Fsp3) is 0.316. The van der Waals surface area contributed by atoms with E-state index in [1.54, 1.807) is 12.1 Å². The Labute approximate surface area is 136 Å². The van der Waals surface area contributed by atoms with Crippen LogP contribution in [0.2, 0.25) is 0 Å². The summed E-state index contributed by atoms with van der Waals surface area (Å²) in [4.78, 5) is 37.2. The van der Waals surface area contributed by atoms with Crippen molar-refractivity contribution in [3.8, 4) is 0 Å². The number of carbonyl (C=O) groups is 3. The number of imide groups is 1. The van der Waals surface area contributed by atoms with Gasteiger partial charge >= 0.3 is 0 Å². The van der Waals surface area contributed by atoms with Crippen molar-refractivity contribution in [3.63, 3.8) is 0 Å². The number of fused-ring (bicyclic) bond motifs is 1. The van der Waals surface area contributed by atoms with Crippen LogP contribution in [0.15, 0.2) is 42.5 Å². The molecule has 0 unspecified atom stereocenters. The summed E-state index contributed by atoms with van der Waals surface area (Å²) in [6, 6.07) is 12.3. The molecule has 4 nitrogen and oxygen atoms in total. The maximum Gasteiger partial charge on any atom is 0.261 e. The molecule has 0 aliphatic carbocycles. The maximum atomic E-state index is 12.8. The number of carbonyl (C=O) groups excluding carboxylic acids is 3. The molecule has 0 radical (unpaired) electrons. The molecule has 0 N–H and O–H groups in total. The number of nitrogens with zero attached hydrogens (tertiary/aromatic N) is 1. The lowest BCUT2D eigenvalue weighted by Crippen LogP contribution is -2.45. The van der Waals surface area contributed by atoms with Crippen LogP contribution in [0.4, 0.5) is 0 Å². The molecular formula is C19H21NO3. The zero-order chi connectivity index (χ0) is 17.0. The minimum Gasteiger partial charge on any atom is -0.301 e. The van der Waals surface area contributed by atoms with Crippen LogP contribution in [0.3, 0.4) is 0 Å². The van der Waals surface area contributed by atoms with Crippen molar-refractivity contribution in [2.45, 2.75) is 33.2 Å². The van der Waals surface area contributed by atoms with E-state index < -0.39 is 17.9 Å². The fourth-order valence-corrected chi connectivity index (χ4v) is 2.69. The lowest BCUT2D eigenvalue weighted by molar-refractivity contribution is -0.131. The Kier molecular flexibility index (Phi) is 5.27.